The maximum absolute atomic E-state index is 7.32. The van der Waals surface area contributed by atoms with Crippen LogP contribution in [0.4, 0.5) is 0 Å². The van der Waals surface area contributed by atoms with Crippen molar-refractivity contribution >= 4 is 47.7 Å². The van der Waals surface area contributed by atoms with Crippen molar-refractivity contribution in [3.63, 3.8) is 0 Å². The first-order chi connectivity index (χ1) is 20.3. The summed E-state index contributed by atoms with van der Waals surface area (Å²) in [6, 6.07) is 66.4. The van der Waals surface area contributed by atoms with Gasteiger partial charge in [0.1, 0.15) is 0 Å². The molecule has 0 unspecified atom stereocenters. The molecule has 0 aromatic heterocycles. The molecular formula is C38H33NP2Ru+2. The van der Waals surface area contributed by atoms with E-state index in [0.29, 0.717) is 0 Å². The molecule has 0 spiro atoms. The number of nitriles is 1. The van der Waals surface area contributed by atoms with Gasteiger partial charge in [0.15, 0.2) is 0 Å². The molecule has 0 atom stereocenters. The van der Waals surface area contributed by atoms with Crippen molar-refractivity contribution in [3.05, 3.63) is 182 Å². The Labute approximate surface area is 266 Å². The molecule has 0 radical (unpaired) electrons. The fraction of sp³-hybridized carbons (Fsp3) is 0.0263. The Bertz CT molecular complexity index is 1270. The second-order valence-corrected chi connectivity index (χ2v) is 13.3. The molecule has 6 aromatic rings. The monoisotopic (exact) mass is 667 g/mol. The quantitative estimate of drug-likeness (QED) is 0.134. The van der Waals surface area contributed by atoms with Crippen LogP contribution < -0.4 is 31.8 Å². The molecule has 0 N–H and O–H groups in total. The Balaban J connectivity index is 0.000000207. The zero-order valence-corrected chi connectivity index (χ0v) is 27.0. The van der Waals surface area contributed by atoms with E-state index in [4.69, 9.17) is 5.26 Å². The van der Waals surface area contributed by atoms with Crippen LogP contribution in [0.1, 0.15) is 6.92 Å². The summed E-state index contributed by atoms with van der Waals surface area (Å²) >= 11 is 0. The molecule has 0 aliphatic rings. The summed E-state index contributed by atoms with van der Waals surface area (Å²) < 4.78 is 0. The molecule has 0 aliphatic heterocycles. The van der Waals surface area contributed by atoms with Crippen LogP contribution in [0.5, 0.6) is 0 Å². The third-order valence-electron chi connectivity index (χ3n) is 6.09. The van der Waals surface area contributed by atoms with Crippen LogP contribution in [-0.2, 0) is 19.5 Å². The number of nitrogens with zero attached hydrogens (tertiary/aromatic N) is 1. The minimum atomic E-state index is -0.446. The first-order valence-corrected chi connectivity index (χ1v) is 16.2. The second kappa shape index (κ2) is 18.7. The first kappa shape index (κ1) is 32.8. The molecule has 0 saturated carbocycles. The molecular weight excluding hydrogens is 633 g/mol. The summed E-state index contributed by atoms with van der Waals surface area (Å²) in [7, 11) is -0.892. The van der Waals surface area contributed by atoms with E-state index in [2.05, 4.69) is 182 Å². The standard InChI is InChI=1S/2C18H15P.C2H3N.Ru/c2*1-4-10-16(11-5-1)19(17-12-6-2-7-13-17)18-14-8-3-9-15-18;1-2-3;/h2*1-15H;1H3;/q;;;+2. The van der Waals surface area contributed by atoms with E-state index in [1.165, 1.54) is 38.8 Å². The summed E-state index contributed by atoms with van der Waals surface area (Å²) in [6.07, 6.45) is 0. The minimum Gasteiger partial charge on any atom is -0.199 e. The van der Waals surface area contributed by atoms with Crippen molar-refractivity contribution in [1.82, 2.24) is 0 Å². The van der Waals surface area contributed by atoms with Gasteiger partial charge in [0.2, 0.25) is 0 Å². The van der Waals surface area contributed by atoms with E-state index in [1.54, 1.807) is 6.07 Å². The molecule has 4 heteroatoms. The fourth-order valence-electron chi connectivity index (χ4n) is 4.36. The van der Waals surface area contributed by atoms with Crippen molar-refractivity contribution in [2.75, 3.05) is 0 Å². The summed E-state index contributed by atoms with van der Waals surface area (Å²) in [5.41, 5.74) is 0. The predicted octanol–water partition coefficient (Wildman–Crippen LogP) is 7.42. The molecule has 0 heterocycles. The van der Waals surface area contributed by atoms with Crippen molar-refractivity contribution in [1.29, 1.82) is 5.26 Å². The number of hydrogen-bond acceptors (Lipinski definition) is 1. The van der Waals surface area contributed by atoms with Crippen LogP contribution in [0.25, 0.3) is 0 Å². The van der Waals surface area contributed by atoms with Crippen molar-refractivity contribution in [2.45, 2.75) is 6.92 Å². The van der Waals surface area contributed by atoms with Crippen LogP contribution in [0.3, 0.4) is 0 Å². The third kappa shape index (κ3) is 9.69. The maximum Gasteiger partial charge on any atom is 2.00 e. The van der Waals surface area contributed by atoms with Crippen LogP contribution in [0.2, 0.25) is 0 Å². The van der Waals surface area contributed by atoms with E-state index in [9.17, 15) is 0 Å². The fourth-order valence-corrected chi connectivity index (χ4v) is 8.97. The van der Waals surface area contributed by atoms with E-state index in [0.717, 1.165) is 0 Å². The molecule has 42 heavy (non-hydrogen) atoms. The second-order valence-electron chi connectivity index (χ2n) is 8.91. The maximum atomic E-state index is 7.32. The Morgan fingerprint density at radius 1 is 0.333 bits per heavy atom. The van der Waals surface area contributed by atoms with Gasteiger partial charge in [0, 0.05) is 6.92 Å². The van der Waals surface area contributed by atoms with Crippen LogP contribution in [-0.4, -0.2) is 0 Å². The number of benzene rings is 6. The molecule has 0 bridgehead atoms. The van der Waals surface area contributed by atoms with Gasteiger partial charge < -0.3 is 0 Å². The molecule has 0 aliphatic carbocycles. The van der Waals surface area contributed by atoms with Crippen molar-refractivity contribution < 1.29 is 19.5 Å². The van der Waals surface area contributed by atoms with Gasteiger partial charge >= 0.3 is 19.5 Å². The van der Waals surface area contributed by atoms with Gasteiger partial charge in [-0.2, -0.15) is 5.26 Å². The Morgan fingerprint density at radius 2 is 0.452 bits per heavy atom. The first-order valence-electron chi connectivity index (χ1n) is 13.5. The molecule has 1 nitrogen and oxygen atoms in total. The summed E-state index contributed by atoms with van der Waals surface area (Å²) in [4.78, 5) is 0. The zero-order chi connectivity index (χ0) is 28.5. The Hall–Kier alpha value is -3.71. The van der Waals surface area contributed by atoms with E-state index >= 15 is 0 Å². The molecule has 0 amide bonds. The predicted molar refractivity (Wildman–Crippen MR) is 182 cm³/mol. The number of rotatable bonds is 6. The van der Waals surface area contributed by atoms with Crippen molar-refractivity contribution in [3.8, 4) is 6.07 Å². The van der Waals surface area contributed by atoms with E-state index in [1.807, 2.05) is 0 Å². The molecule has 6 rings (SSSR count). The van der Waals surface area contributed by atoms with Crippen LogP contribution in [0.15, 0.2) is 182 Å². The van der Waals surface area contributed by atoms with Gasteiger partial charge in [-0.05, 0) is 47.7 Å². The largest absolute Gasteiger partial charge is 2.00 e. The minimum absolute atomic E-state index is 0. The molecule has 206 valence electrons. The third-order valence-corrected chi connectivity index (χ3v) is 11.0. The normalized spacial score (nSPS) is 9.76. The van der Waals surface area contributed by atoms with E-state index < -0.39 is 15.8 Å². The van der Waals surface area contributed by atoms with Crippen LogP contribution >= 0.6 is 15.8 Å². The summed E-state index contributed by atoms with van der Waals surface area (Å²) in [6.45, 7) is 1.43. The van der Waals surface area contributed by atoms with Crippen LogP contribution in [0, 0.1) is 11.3 Å². The summed E-state index contributed by atoms with van der Waals surface area (Å²) in [5.74, 6) is 0. The topological polar surface area (TPSA) is 23.8 Å². The average molecular weight is 667 g/mol. The number of hydrogen-bond donors (Lipinski definition) is 0. The summed E-state index contributed by atoms with van der Waals surface area (Å²) in [5, 5.41) is 15.7. The SMILES string of the molecule is CC#N.[Ru+2].c1ccc(P(c2ccccc2)c2ccccc2)cc1.c1ccc(P(c2ccccc2)c2ccccc2)cc1. The van der Waals surface area contributed by atoms with Gasteiger partial charge in [-0.15, -0.1) is 0 Å². The van der Waals surface area contributed by atoms with Gasteiger partial charge in [0.05, 0.1) is 6.07 Å². The van der Waals surface area contributed by atoms with Gasteiger partial charge in [-0.3, -0.25) is 0 Å². The Kier molecular flexibility index (Phi) is 14.6. The van der Waals surface area contributed by atoms with Gasteiger partial charge in [0.25, 0.3) is 0 Å². The zero-order valence-electron chi connectivity index (χ0n) is 23.5. The molecule has 0 fully saturated rings. The molecule has 6 aromatic carbocycles. The van der Waals surface area contributed by atoms with Crippen molar-refractivity contribution in [2.24, 2.45) is 0 Å². The Morgan fingerprint density at radius 3 is 0.571 bits per heavy atom. The smallest absolute Gasteiger partial charge is 0.199 e. The molecule has 0 saturated heterocycles. The van der Waals surface area contributed by atoms with Gasteiger partial charge in [-0.1, -0.05) is 182 Å². The average Bonchev–Trinajstić information content (AvgIpc) is 3.05. The van der Waals surface area contributed by atoms with E-state index in [-0.39, 0.29) is 19.5 Å². The van der Waals surface area contributed by atoms with Gasteiger partial charge in [-0.25, -0.2) is 0 Å².